The molecule has 5 nitrogen and oxygen atoms in total. The molecule has 1 fully saturated rings. The lowest BCUT2D eigenvalue weighted by Crippen LogP contribution is -2.42. The Balaban J connectivity index is 1.68. The van der Waals surface area contributed by atoms with E-state index in [9.17, 15) is 4.79 Å². The topological polar surface area (TPSA) is 70.7 Å². The van der Waals surface area contributed by atoms with Crippen molar-refractivity contribution in [2.24, 2.45) is 10.7 Å². The maximum atomic E-state index is 12.6. The van der Waals surface area contributed by atoms with Crippen molar-refractivity contribution in [3.8, 4) is 0 Å². The van der Waals surface area contributed by atoms with Crippen LogP contribution in [-0.4, -0.2) is 24.0 Å². The van der Waals surface area contributed by atoms with Gasteiger partial charge in [-0.1, -0.05) is 43.3 Å². The van der Waals surface area contributed by atoms with E-state index < -0.39 is 0 Å². The third-order valence-electron chi connectivity index (χ3n) is 5.35. The van der Waals surface area contributed by atoms with Gasteiger partial charge < -0.3 is 16.0 Å². The van der Waals surface area contributed by atoms with Crippen LogP contribution in [0.5, 0.6) is 0 Å². The smallest absolute Gasteiger partial charge is 0.251 e. The van der Waals surface area contributed by atoms with Crippen molar-refractivity contribution in [3.05, 3.63) is 70.9 Å². The third kappa shape index (κ3) is 4.25. The zero-order chi connectivity index (χ0) is 20.4. The summed E-state index contributed by atoms with van der Waals surface area (Å²) in [4.78, 5) is 19.5. The van der Waals surface area contributed by atoms with E-state index in [1.54, 1.807) is 0 Å². The van der Waals surface area contributed by atoms with E-state index in [4.69, 9.17) is 10.7 Å². The SMILES string of the molecule is CCCC1=NC(=Cc2ccccc2)C(N)N1c1cc(C(=O)NC2CC2)ccc1C. The maximum absolute atomic E-state index is 12.6. The minimum atomic E-state index is -0.378. The standard InChI is InChI=1S/C24H28N4O/c1-3-7-22-27-20(14-17-8-5-4-6-9-17)23(25)28(22)21-15-18(11-10-16(21)2)24(29)26-19-12-13-19/h4-6,8-11,14-15,19,23H,3,7,12-13,25H2,1-2H3,(H,26,29). The molecule has 0 spiro atoms. The molecule has 1 unspecified atom stereocenters. The molecule has 1 saturated carbocycles. The number of benzene rings is 2. The van der Waals surface area contributed by atoms with Gasteiger partial charge in [0.2, 0.25) is 0 Å². The molecule has 1 heterocycles. The zero-order valence-electron chi connectivity index (χ0n) is 17.1. The first-order valence-corrected chi connectivity index (χ1v) is 10.4. The summed E-state index contributed by atoms with van der Waals surface area (Å²) in [6.45, 7) is 4.19. The Bertz CT molecular complexity index is 960. The highest BCUT2D eigenvalue weighted by atomic mass is 16.1. The van der Waals surface area contributed by atoms with E-state index >= 15 is 0 Å². The fraction of sp³-hybridized carbons (Fsp3) is 0.333. The van der Waals surface area contributed by atoms with E-state index in [0.29, 0.717) is 11.6 Å². The summed E-state index contributed by atoms with van der Waals surface area (Å²) in [5.41, 5.74) is 11.3. The van der Waals surface area contributed by atoms with Crippen molar-refractivity contribution in [3.63, 3.8) is 0 Å². The van der Waals surface area contributed by atoms with Crippen LogP contribution >= 0.6 is 0 Å². The van der Waals surface area contributed by atoms with Crippen LogP contribution in [-0.2, 0) is 0 Å². The second-order valence-electron chi connectivity index (χ2n) is 7.82. The van der Waals surface area contributed by atoms with Crippen LogP contribution < -0.4 is 16.0 Å². The highest BCUT2D eigenvalue weighted by Crippen LogP contribution is 2.32. The molecule has 3 N–H and O–H groups in total. The second-order valence-corrected chi connectivity index (χ2v) is 7.82. The number of aryl methyl sites for hydroxylation is 1. The van der Waals surface area contributed by atoms with Gasteiger partial charge in [-0.25, -0.2) is 4.99 Å². The van der Waals surface area contributed by atoms with Crippen LogP contribution in [0.15, 0.2) is 59.2 Å². The van der Waals surface area contributed by atoms with Gasteiger partial charge in [-0.05, 0) is 55.5 Å². The molecule has 0 radical (unpaired) electrons. The van der Waals surface area contributed by atoms with Gasteiger partial charge in [0.1, 0.15) is 12.0 Å². The largest absolute Gasteiger partial charge is 0.349 e. The van der Waals surface area contributed by atoms with Crippen molar-refractivity contribution in [1.82, 2.24) is 5.32 Å². The van der Waals surface area contributed by atoms with E-state index in [-0.39, 0.29) is 12.1 Å². The minimum absolute atomic E-state index is 0.0180. The van der Waals surface area contributed by atoms with E-state index in [1.165, 1.54) is 0 Å². The Morgan fingerprint density at radius 1 is 1.24 bits per heavy atom. The van der Waals surface area contributed by atoms with Crippen LogP contribution in [0.4, 0.5) is 5.69 Å². The van der Waals surface area contributed by atoms with E-state index in [0.717, 1.165) is 54.0 Å². The first kappa shape index (κ1) is 19.4. The summed E-state index contributed by atoms with van der Waals surface area (Å²) in [6, 6.07) is 16.3. The maximum Gasteiger partial charge on any atom is 0.251 e. The molecule has 0 bridgehead atoms. The number of amidine groups is 1. The Morgan fingerprint density at radius 2 is 2.00 bits per heavy atom. The molecule has 1 aliphatic carbocycles. The Hall–Kier alpha value is -2.92. The number of nitrogens with one attached hydrogen (secondary N) is 1. The van der Waals surface area contributed by atoms with Crippen LogP contribution in [0, 0.1) is 6.92 Å². The average Bonchev–Trinajstić information content (AvgIpc) is 3.48. The lowest BCUT2D eigenvalue weighted by molar-refractivity contribution is 0.0951. The minimum Gasteiger partial charge on any atom is -0.349 e. The number of carbonyl (C=O) groups excluding carboxylic acids is 1. The number of hydrogen-bond donors (Lipinski definition) is 2. The van der Waals surface area contributed by atoms with Crippen LogP contribution in [0.3, 0.4) is 0 Å². The van der Waals surface area contributed by atoms with E-state index in [1.807, 2.05) is 61.5 Å². The van der Waals surface area contributed by atoms with Crippen LogP contribution in [0.1, 0.15) is 54.1 Å². The lowest BCUT2D eigenvalue weighted by Gasteiger charge is -2.27. The number of hydrogen-bond acceptors (Lipinski definition) is 4. The Kier molecular flexibility index (Phi) is 5.49. The van der Waals surface area contributed by atoms with Gasteiger partial charge in [-0.15, -0.1) is 0 Å². The Labute approximate surface area is 172 Å². The number of rotatable bonds is 6. The molecule has 2 aromatic rings. The molecule has 5 heteroatoms. The molecule has 29 heavy (non-hydrogen) atoms. The summed E-state index contributed by atoms with van der Waals surface area (Å²) in [7, 11) is 0. The molecule has 1 amide bonds. The third-order valence-corrected chi connectivity index (χ3v) is 5.35. The lowest BCUT2D eigenvalue weighted by atomic mass is 10.1. The molecule has 2 aromatic carbocycles. The number of nitrogens with two attached hydrogens (primary N) is 1. The first-order valence-electron chi connectivity index (χ1n) is 10.4. The molecule has 2 aliphatic rings. The highest BCUT2D eigenvalue weighted by Gasteiger charge is 2.31. The van der Waals surface area contributed by atoms with Crippen molar-refractivity contribution in [2.45, 2.75) is 51.7 Å². The first-order chi connectivity index (χ1) is 14.1. The molecule has 4 rings (SSSR count). The molecular weight excluding hydrogens is 360 g/mol. The quantitative estimate of drug-likeness (QED) is 0.778. The van der Waals surface area contributed by atoms with Crippen LogP contribution in [0.2, 0.25) is 0 Å². The number of carbonyl (C=O) groups is 1. The van der Waals surface area contributed by atoms with Gasteiger partial charge in [0, 0.05) is 23.7 Å². The molecular formula is C24H28N4O. The average molecular weight is 389 g/mol. The van der Waals surface area contributed by atoms with Crippen molar-refractivity contribution < 1.29 is 4.79 Å². The summed E-state index contributed by atoms with van der Waals surface area (Å²) < 4.78 is 0. The number of anilines is 1. The molecule has 1 aliphatic heterocycles. The summed E-state index contributed by atoms with van der Waals surface area (Å²) in [5, 5.41) is 3.07. The van der Waals surface area contributed by atoms with Gasteiger partial charge in [0.05, 0.1) is 5.70 Å². The highest BCUT2D eigenvalue weighted by molar-refractivity contribution is 6.04. The number of nitrogens with zero attached hydrogens (tertiary/aromatic N) is 2. The van der Waals surface area contributed by atoms with Gasteiger partial charge >= 0.3 is 0 Å². The van der Waals surface area contributed by atoms with Gasteiger partial charge in [0.15, 0.2) is 0 Å². The van der Waals surface area contributed by atoms with Crippen LogP contribution in [0.25, 0.3) is 6.08 Å². The number of aliphatic imine (C=N–C) groups is 1. The molecule has 1 atom stereocenters. The summed E-state index contributed by atoms with van der Waals surface area (Å²) >= 11 is 0. The molecule has 0 aromatic heterocycles. The molecule has 150 valence electrons. The van der Waals surface area contributed by atoms with E-state index in [2.05, 4.69) is 17.1 Å². The number of amides is 1. The summed E-state index contributed by atoms with van der Waals surface area (Å²) in [6.07, 6.45) is 5.61. The van der Waals surface area contributed by atoms with Crippen molar-refractivity contribution in [1.29, 1.82) is 0 Å². The van der Waals surface area contributed by atoms with Crippen molar-refractivity contribution >= 4 is 23.5 Å². The normalized spacial score (nSPS) is 20.1. The predicted molar refractivity (Wildman–Crippen MR) is 119 cm³/mol. The van der Waals surface area contributed by atoms with Crippen molar-refractivity contribution in [2.75, 3.05) is 4.90 Å². The van der Waals surface area contributed by atoms with Gasteiger partial charge in [-0.3, -0.25) is 4.79 Å². The summed E-state index contributed by atoms with van der Waals surface area (Å²) in [5.74, 6) is 0.931. The van der Waals surface area contributed by atoms with Gasteiger partial charge in [-0.2, -0.15) is 0 Å². The zero-order valence-corrected chi connectivity index (χ0v) is 17.1. The molecule has 0 saturated heterocycles. The Morgan fingerprint density at radius 3 is 2.69 bits per heavy atom. The fourth-order valence-electron chi connectivity index (χ4n) is 3.59. The predicted octanol–water partition coefficient (Wildman–Crippen LogP) is 4.23. The second kappa shape index (κ2) is 8.21. The monoisotopic (exact) mass is 388 g/mol. The fourth-order valence-corrected chi connectivity index (χ4v) is 3.59. The van der Waals surface area contributed by atoms with Gasteiger partial charge in [0.25, 0.3) is 5.91 Å².